The molecule has 0 saturated carbocycles. The van der Waals surface area contributed by atoms with Crippen LogP contribution in [-0.4, -0.2) is 52.8 Å². The molecular weight excluding hydrogens is 567 g/mol. The molecule has 4 N–H and O–H groups in total. The number of esters is 2. The fourth-order valence-corrected chi connectivity index (χ4v) is 3.17. The molecule has 0 aromatic carbocycles. The van der Waals surface area contributed by atoms with Gasteiger partial charge in [0.2, 0.25) is 0 Å². The van der Waals surface area contributed by atoms with Crippen molar-refractivity contribution in [1.82, 2.24) is 9.97 Å². The summed E-state index contributed by atoms with van der Waals surface area (Å²) in [5.74, 6) is -0.739. The van der Waals surface area contributed by atoms with Crippen molar-refractivity contribution in [3.05, 3.63) is 45.0 Å². The number of halogens is 2. The number of carbonyl (C=O) groups excluding carboxylic acids is 2. The first-order chi connectivity index (χ1) is 14.4. The minimum absolute atomic E-state index is 0. The smallest absolute Gasteiger partial charge is 0.870 e. The summed E-state index contributed by atoms with van der Waals surface area (Å²) in [5, 5.41) is 7.00. The van der Waals surface area contributed by atoms with E-state index in [9.17, 15) is 9.59 Å². The third-order valence-corrected chi connectivity index (χ3v) is 4.78. The molecule has 170 valence electrons. The van der Waals surface area contributed by atoms with Crippen LogP contribution in [0.5, 0.6) is 0 Å². The predicted molar refractivity (Wildman–Crippen MR) is 119 cm³/mol. The SMILES string of the molecule is CCOC(=O)c1cc2occ(Br)c2[nH]1.CCOC(=O)c1cc2occ(Br)c2[nH]1.CO.[Na+].[OH-]. The van der Waals surface area contributed by atoms with Gasteiger partial charge in [0, 0.05) is 19.2 Å². The van der Waals surface area contributed by atoms with E-state index >= 15 is 0 Å². The van der Waals surface area contributed by atoms with Crippen LogP contribution in [0.4, 0.5) is 0 Å². The maximum absolute atomic E-state index is 11.3. The summed E-state index contributed by atoms with van der Waals surface area (Å²) in [7, 11) is 1.00. The van der Waals surface area contributed by atoms with Gasteiger partial charge >= 0.3 is 41.5 Å². The van der Waals surface area contributed by atoms with E-state index in [2.05, 4.69) is 41.8 Å². The molecule has 4 heterocycles. The second kappa shape index (κ2) is 14.6. The number of nitrogens with one attached hydrogen (secondary N) is 2. The largest absolute Gasteiger partial charge is 1.00 e. The Labute approximate surface area is 221 Å². The van der Waals surface area contributed by atoms with E-state index in [1.54, 1.807) is 38.5 Å². The van der Waals surface area contributed by atoms with Crippen LogP contribution in [0, 0.1) is 0 Å². The summed E-state index contributed by atoms with van der Waals surface area (Å²) in [4.78, 5) is 28.5. The van der Waals surface area contributed by atoms with Gasteiger partial charge in [-0.25, -0.2) is 9.59 Å². The van der Waals surface area contributed by atoms with E-state index in [0.717, 1.165) is 27.1 Å². The Kier molecular flexibility index (Phi) is 13.9. The quantitative estimate of drug-likeness (QED) is 0.241. The van der Waals surface area contributed by atoms with Crippen molar-refractivity contribution in [3.8, 4) is 0 Å². The van der Waals surface area contributed by atoms with Gasteiger partial charge in [-0.05, 0) is 45.7 Å². The van der Waals surface area contributed by atoms with E-state index in [1.807, 2.05) is 0 Å². The maximum atomic E-state index is 11.3. The molecule has 10 nitrogen and oxygen atoms in total. The van der Waals surface area contributed by atoms with Gasteiger partial charge in [0.25, 0.3) is 0 Å². The van der Waals surface area contributed by atoms with Crippen molar-refractivity contribution >= 4 is 66.0 Å². The molecule has 13 heteroatoms. The second-order valence-corrected chi connectivity index (χ2v) is 7.16. The van der Waals surface area contributed by atoms with E-state index in [4.69, 9.17) is 23.4 Å². The summed E-state index contributed by atoms with van der Waals surface area (Å²) >= 11 is 6.58. The molecule has 0 amide bonds. The minimum atomic E-state index is -0.370. The van der Waals surface area contributed by atoms with Crippen molar-refractivity contribution in [2.75, 3.05) is 20.3 Å². The van der Waals surface area contributed by atoms with Gasteiger partial charge in [0.15, 0.2) is 11.2 Å². The molecule has 0 unspecified atom stereocenters. The van der Waals surface area contributed by atoms with Crippen LogP contribution in [0.15, 0.2) is 42.4 Å². The summed E-state index contributed by atoms with van der Waals surface area (Å²) < 4.78 is 21.6. The Hall–Kier alpha value is -1.54. The Balaban J connectivity index is 0.000000527. The van der Waals surface area contributed by atoms with Crippen molar-refractivity contribution in [2.45, 2.75) is 13.8 Å². The Morgan fingerprint density at radius 1 is 0.875 bits per heavy atom. The molecule has 0 atom stereocenters. The Bertz CT molecular complexity index is 1040. The maximum Gasteiger partial charge on any atom is 1.00 e. The second-order valence-electron chi connectivity index (χ2n) is 5.45. The number of aromatic nitrogens is 2. The fraction of sp³-hybridized carbons (Fsp3) is 0.263. The van der Waals surface area contributed by atoms with Gasteiger partial charge < -0.3 is 38.9 Å². The van der Waals surface area contributed by atoms with Crippen molar-refractivity contribution < 1.29 is 68.0 Å². The number of aliphatic hydroxyl groups excluding tert-OH is 1. The topological polar surface area (TPSA) is 161 Å². The zero-order valence-corrected chi connectivity index (χ0v) is 23.0. The molecule has 0 aliphatic rings. The molecule has 4 rings (SSSR count). The number of aromatic amines is 2. The number of ether oxygens (including phenoxy) is 2. The van der Waals surface area contributed by atoms with Crippen LogP contribution in [-0.2, 0) is 9.47 Å². The third-order valence-electron chi connectivity index (χ3n) is 3.61. The van der Waals surface area contributed by atoms with Gasteiger partial charge in [0.1, 0.15) is 23.9 Å². The number of hydrogen-bond donors (Lipinski definition) is 3. The molecule has 0 radical (unpaired) electrons. The normalized spacial score (nSPS) is 9.56. The van der Waals surface area contributed by atoms with Crippen molar-refractivity contribution in [2.24, 2.45) is 0 Å². The molecule has 4 aromatic heterocycles. The average molecular weight is 588 g/mol. The van der Waals surface area contributed by atoms with Gasteiger partial charge in [-0.15, -0.1) is 0 Å². The first-order valence-electron chi connectivity index (χ1n) is 8.74. The number of rotatable bonds is 4. The molecule has 0 fully saturated rings. The van der Waals surface area contributed by atoms with Gasteiger partial charge in [-0.2, -0.15) is 0 Å². The third kappa shape index (κ3) is 7.24. The molecule has 0 spiro atoms. The number of furan rings is 2. The first kappa shape index (κ1) is 30.5. The summed E-state index contributed by atoms with van der Waals surface area (Å²) in [6.07, 6.45) is 3.13. The van der Waals surface area contributed by atoms with Crippen molar-refractivity contribution in [1.29, 1.82) is 0 Å². The number of fused-ring (bicyclic) bond motifs is 2. The molecule has 32 heavy (non-hydrogen) atoms. The standard InChI is InChI=1S/2C9H8BrNO3.CH4O.Na.H2O/c2*1-2-13-9(12)6-3-7-8(11-6)5(10)4-14-7;1-2;;/h2*3-4,11H,2H2,1H3;2H,1H3;;1H2/q;;;+1;/p-1. The van der Waals surface area contributed by atoms with E-state index < -0.39 is 0 Å². The molecule has 0 aliphatic heterocycles. The summed E-state index contributed by atoms with van der Waals surface area (Å²) in [6, 6.07) is 3.25. The summed E-state index contributed by atoms with van der Waals surface area (Å²) in [6.45, 7) is 4.25. The van der Waals surface area contributed by atoms with E-state index in [-0.39, 0.29) is 47.0 Å². The molecule has 0 aliphatic carbocycles. The minimum Gasteiger partial charge on any atom is -0.870 e. The molecular formula is C19H21Br2N2NaO8. The number of hydrogen-bond acceptors (Lipinski definition) is 8. The average Bonchev–Trinajstić information content (AvgIpc) is 3.49. The first-order valence-corrected chi connectivity index (χ1v) is 10.3. The van der Waals surface area contributed by atoms with Crippen LogP contribution >= 0.6 is 31.9 Å². The van der Waals surface area contributed by atoms with Crippen LogP contribution in [0.3, 0.4) is 0 Å². The monoisotopic (exact) mass is 586 g/mol. The van der Waals surface area contributed by atoms with Crippen LogP contribution in [0.25, 0.3) is 22.2 Å². The van der Waals surface area contributed by atoms with E-state index in [0.29, 0.717) is 35.8 Å². The van der Waals surface area contributed by atoms with Gasteiger partial charge in [-0.1, -0.05) is 0 Å². The van der Waals surface area contributed by atoms with Crippen molar-refractivity contribution in [3.63, 3.8) is 0 Å². The Morgan fingerprint density at radius 3 is 1.50 bits per heavy atom. The van der Waals surface area contributed by atoms with Crippen LogP contribution in [0.1, 0.15) is 34.8 Å². The zero-order chi connectivity index (χ0) is 22.3. The Morgan fingerprint density at radius 2 is 1.22 bits per heavy atom. The van der Waals surface area contributed by atoms with Crippen LogP contribution < -0.4 is 29.6 Å². The van der Waals surface area contributed by atoms with E-state index in [1.165, 1.54) is 0 Å². The van der Waals surface area contributed by atoms with Gasteiger partial charge in [-0.3, -0.25) is 0 Å². The zero-order valence-electron chi connectivity index (χ0n) is 17.8. The van der Waals surface area contributed by atoms with Crippen LogP contribution in [0.2, 0.25) is 0 Å². The molecule has 4 aromatic rings. The number of aliphatic hydroxyl groups is 1. The summed E-state index contributed by atoms with van der Waals surface area (Å²) in [5.41, 5.74) is 3.63. The number of H-pyrrole nitrogens is 2. The van der Waals surface area contributed by atoms with Gasteiger partial charge in [0.05, 0.1) is 33.2 Å². The molecule has 0 bridgehead atoms. The number of carbonyl (C=O) groups is 2. The predicted octanol–water partition coefficient (Wildman–Crippen LogP) is 1.84. The fourth-order valence-electron chi connectivity index (χ4n) is 2.40. The molecule has 0 saturated heterocycles.